The first-order valence-electron chi connectivity index (χ1n) is 34.7. The Labute approximate surface area is 523 Å². The van der Waals surface area contributed by atoms with Crippen LogP contribution in [0.15, 0.2) is 36.5 Å². The van der Waals surface area contributed by atoms with Crippen LogP contribution in [0.2, 0.25) is 0 Å². The molecule has 0 aromatic heterocycles. The molecule has 3 aliphatic rings. The predicted molar refractivity (Wildman–Crippen MR) is 337 cm³/mol. The smallest absolute Gasteiger partial charge is 0.220 e. The largest absolute Gasteiger partial charge is 0.394 e. The summed E-state index contributed by atoms with van der Waals surface area (Å²) in [6.07, 6.45) is 31.3. The summed E-state index contributed by atoms with van der Waals surface area (Å²) in [5, 5.41) is 120. The molecule has 3 rings (SSSR count). The van der Waals surface area contributed by atoms with Crippen molar-refractivity contribution in [1.82, 2.24) is 5.32 Å². The van der Waals surface area contributed by atoms with E-state index in [0.717, 1.165) is 38.5 Å². The molecule has 19 nitrogen and oxygen atoms in total. The summed E-state index contributed by atoms with van der Waals surface area (Å²) in [6.45, 7) is 1.72. The molecule has 0 aromatic carbocycles. The van der Waals surface area contributed by atoms with Crippen LogP contribution in [0.5, 0.6) is 0 Å². The molecule has 19 heteroatoms. The van der Waals surface area contributed by atoms with Gasteiger partial charge in [0.1, 0.15) is 73.2 Å². The Bertz CT molecular complexity index is 1720. The third-order valence-corrected chi connectivity index (χ3v) is 17.4. The third-order valence-electron chi connectivity index (χ3n) is 17.4. The van der Waals surface area contributed by atoms with E-state index in [1.807, 2.05) is 6.08 Å². The monoisotopic (exact) mass is 1240 g/mol. The number of allylic oxidation sites excluding steroid dienone is 5. The Kier molecular flexibility index (Phi) is 46.0. The predicted octanol–water partition coefficient (Wildman–Crippen LogP) is 8.83. The Hall–Kier alpha value is -1.99. The maximum atomic E-state index is 13.4. The van der Waals surface area contributed by atoms with Crippen molar-refractivity contribution in [2.75, 3.05) is 26.4 Å². The van der Waals surface area contributed by atoms with E-state index in [9.17, 15) is 61.0 Å². The lowest BCUT2D eigenvalue weighted by atomic mass is 9.96. The van der Waals surface area contributed by atoms with E-state index < -0.39 is 124 Å². The molecule has 12 N–H and O–H groups in total. The van der Waals surface area contributed by atoms with Gasteiger partial charge in [0.25, 0.3) is 0 Å². The van der Waals surface area contributed by atoms with E-state index in [1.165, 1.54) is 186 Å². The summed E-state index contributed by atoms with van der Waals surface area (Å²) in [7, 11) is 0. The van der Waals surface area contributed by atoms with Crippen LogP contribution in [0.25, 0.3) is 0 Å². The molecule has 0 bridgehead atoms. The quantitative estimate of drug-likeness (QED) is 0.0200. The van der Waals surface area contributed by atoms with E-state index in [-0.39, 0.29) is 18.9 Å². The van der Waals surface area contributed by atoms with Crippen molar-refractivity contribution in [3.63, 3.8) is 0 Å². The summed E-state index contributed by atoms with van der Waals surface area (Å²) < 4.78 is 34.3. The number of carbonyl (C=O) groups excluding carboxylic acids is 1. The van der Waals surface area contributed by atoms with Crippen molar-refractivity contribution in [3.8, 4) is 0 Å². The number of rotatable bonds is 53. The number of nitrogens with one attached hydrogen (secondary N) is 1. The molecule has 17 atom stereocenters. The molecule has 0 aromatic rings. The molecule has 3 aliphatic heterocycles. The highest BCUT2D eigenvalue weighted by Crippen LogP contribution is 2.33. The lowest BCUT2D eigenvalue weighted by Gasteiger charge is -2.48. The van der Waals surface area contributed by atoms with Crippen LogP contribution in [-0.2, 0) is 33.2 Å². The van der Waals surface area contributed by atoms with Crippen LogP contribution >= 0.6 is 0 Å². The zero-order valence-electron chi connectivity index (χ0n) is 53.8. The second kappa shape index (κ2) is 50.6. The van der Waals surface area contributed by atoms with Crippen molar-refractivity contribution in [1.29, 1.82) is 0 Å². The maximum absolute atomic E-state index is 13.4. The van der Waals surface area contributed by atoms with Gasteiger partial charge in [0, 0.05) is 6.42 Å². The van der Waals surface area contributed by atoms with Crippen LogP contribution in [-0.4, -0.2) is 193 Å². The molecule has 3 fully saturated rings. The lowest BCUT2D eigenvalue weighted by molar-refractivity contribution is -0.379. The molecule has 0 saturated carbocycles. The number of ether oxygens (including phenoxy) is 6. The maximum Gasteiger partial charge on any atom is 0.220 e. The summed E-state index contributed by atoms with van der Waals surface area (Å²) >= 11 is 0. The van der Waals surface area contributed by atoms with Crippen molar-refractivity contribution in [2.45, 2.75) is 362 Å². The zero-order chi connectivity index (χ0) is 63.3. The zero-order valence-corrected chi connectivity index (χ0v) is 53.8. The average molecular weight is 1240 g/mol. The number of aliphatic hydroxyl groups is 11. The van der Waals surface area contributed by atoms with E-state index in [4.69, 9.17) is 28.4 Å². The number of unbranched alkanes of at least 4 members (excludes halogenated alkanes) is 33. The minimum absolute atomic E-state index is 0.238. The highest BCUT2D eigenvalue weighted by atomic mass is 16.8. The summed E-state index contributed by atoms with van der Waals surface area (Å²) in [5.41, 5.74) is 0. The average Bonchev–Trinajstić information content (AvgIpc) is 1.10. The fraction of sp³-hybridized carbons (Fsp3) is 0.897. The topological polar surface area (TPSA) is 307 Å². The molecule has 510 valence electrons. The summed E-state index contributed by atoms with van der Waals surface area (Å²) in [4.78, 5) is 13.4. The summed E-state index contributed by atoms with van der Waals surface area (Å²) in [6, 6.07) is -0.988. The molecule has 1 amide bonds. The van der Waals surface area contributed by atoms with Gasteiger partial charge in [-0.25, -0.2) is 0 Å². The van der Waals surface area contributed by atoms with Crippen molar-refractivity contribution < 1.29 is 89.4 Å². The van der Waals surface area contributed by atoms with E-state index in [2.05, 4.69) is 43.5 Å². The lowest BCUT2D eigenvalue weighted by Crippen LogP contribution is -2.66. The van der Waals surface area contributed by atoms with E-state index >= 15 is 0 Å². The minimum atomic E-state index is -1.98. The highest BCUT2D eigenvalue weighted by Gasteiger charge is 2.53. The van der Waals surface area contributed by atoms with Crippen LogP contribution < -0.4 is 5.32 Å². The number of carbonyl (C=O) groups is 1. The van der Waals surface area contributed by atoms with Crippen molar-refractivity contribution >= 4 is 5.91 Å². The Balaban J connectivity index is 1.42. The second-order valence-corrected chi connectivity index (χ2v) is 25.0. The SMILES string of the molecule is CCCCCCCCCC/C=C\CCCCCCCCCCCCCCCCCC(=O)NC(COC1OC(CO)C(OC2OC(CO)C(OC3OC(CO)C(O)C(O)C3O)C(O)C2O)C(O)C1O)C(O)/C=C/CC/C=C/CCCCCCCCCCC. The molecule has 3 heterocycles. The normalized spacial score (nSPS) is 28.8. The number of aliphatic hydroxyl groups excluding tert-OH is 11. The molecule has 3 saturated heterocycles. The second-order valence-electron chi connectivity index (χ2n) is 25.0. The van der Waals surface area contributed by atoms with Crippen LogP contribution in [0.1, 0.15) is 258 Å². The van der Waals surface area contributed by atoms with Crippen LogP contribution in [0, 0.1) is 0 Å². The molecule has 0 aliphatic carbocycles. The highest BCUT2D eigenvalue weighted by molar-refractivity contribution is 5.76. The van der Waals surface area contributed by atoms with Gasteiger partial charge < -0.3 is 89.9 Å². The molecule has 0 spiro atoms. The van der Waals surface area contributed by atoms with Gasteiger partial charge in [0.05, 0.1) is 38.6 Å². The van der Waals surface area contributed by atoms with Crippen molar-refractivity contribution in [3.05, 3.63) is 36.5 Å². The van der Waals surface area contributed by atoms with Gasteiger partial charge in [0.2, 0.25) is 5.91 Å². The van der Waals surface area contributed by atoms with Gasteiger partial charge in [-0.3, -0.25) is 4.79 Å². The molecule has 17 unspecified atom stereocenters. The van der Waals surface area contributed by atoms with Gasteiger partial charge in [-0.2, -0.15) is 0 Å². The number of hydrogen-bond acceptors (Lipinski definition) is 18. The first kappa shape index (κ1) is 79.2. The Morgan fingerprint density at radius 2 is 0.736 bits per heavy atom. The summed E-state index contributed by atoms with van der Waals surface area (Å²) in [5.74, 6) is -0.283. The number of hydrogen-bond donors (Lipinski definition) is 12. The van der Waals surface area contributed by atoms with Crippen LogP contribution in [0.3, 0.4) is 0 Å². The van der Waals surface area contributed by atoms with Gasteiger partial charge in [-0.05, 0) is 57.8 Å². The third kappa shape index (κ3) is 32.9. The molecule has 0 radical (unpaired) electrons. The Morgan fingerprint density at radius 1 is 0.402 bits per heavy atom. The Morgan fingerprint density at radius 3 is 1.15 bits per heavy atom. The minimum Gasteiger partial charge on any atom is -0.394 e. The molecular weight excluding hydrogens is 1120 g/mol. The van der Waals surface area contributed by atoms with Gasteiger partial charge >= 0.3 is 0 Å². The fourth-order valence-corrected chi connectivity index (χ4v) is 11.7. The fourth-order valence-electron chi connectivity index (χ4n) is 11.7. The standard InChI is InChI=1S/C68H125NO18/c1-3-5-7-9-11-13-15-17-19-20-21-22-23-24-25-26-27-28-29-30-32-34-36-38-40-42-44-46-56(74)69-51(52(73)45-43-41-39-37-35-33-31-18-16-14-12-10-8-6-4-2)50-82-66-62(80)59(77)64(54(48-71)84-66)87-68-63(81)60(78)65(55(49-72)85-68)86-67-61(79)58(76)57(75)53(47-70)83-67/h20-21,35,37,43,45,51-55,57-68,70-73,75-81H,3-19,22-34,36,38-42,44,46-50H2,1-2H3,(H,69,74)/b21-20-,37-35+,45-43+. The molecular formula is C68H125NO18. The van der Waals surface area contributed by atoms with E-state index in [0.29, 0.717) is 12.8 Å². The van der Waals surface area contributed by atoms with Gasteiger partial charge in [-0.1, -0.05) is 230 Å². The van der Waals surface area contributed by atoms with E-state index in [1.54, 1.807) is 6.08 Å². The van der Waals surface area contributed by atoms with Crippen LogP contribution in [0.4, 0.5) is 0 Å². The number of amides is 1. The first-order chi connectivity index (χ1) is 42.3. The first-order valence-corrected chi connectivity index (χ1v) is 34.7. The van der Waals surface area contributed by atoms with Gasteiger partial charge in [0.15, 0.2) is 18.9 Å². The molecule has 87 heavy (non-hydrogen) atoms. The van der Waals surface area contributed by atoms with Crippen molar-refractivity contribution in [2.24, 2.45) is 0 Å². The van der Waals surface area contributed by atoms with Gasteiger partial charge in [-0.15, -0.1) is 0 Å².